The van der Waals surface area contributed by atoms with Crippen molar-refractivity contribution in [3.63, 3.8) is 0 Å². The van der Waals surface area contributed by atoms with E-state index in [1.54, 1.807) is 11.6 Å². The van der Waals surface area contributed by atoms with E-state index in [0.717, 1.165) is 6.42 Å². The number of hydroxylamine groups is 1. The molecule has 0 saturated heterocycles. The molecule has 3 heteroatoms. The minimum absolute atomic E-state index is 0.382. The number of nitrogens with one attached hydrogen (secondary N) is 1. The normalized spacial score (nSPS) is 22.7. The number of carbonyl (C=O) groups excluding carboxylic acids is 1. The maximum atomic E-state index is 10.8. The molecule has 1 atom stereocenters. The molecular formula is C8H11NO2. The summed E-state index contributed by atoms with van der Waals surface area (Å²) < 4.78 is 0. The lowest BCUT2D eigenvalue weighted by molar-refractivity contribution is -0.125. The SMILES string of the molecule is CC1C=C(C(=O)NO)C=CC1. The molecule has 0 aromatic rings. The first-order valence-electron chi connectivity index (χ1n) is 3.57. The van der Waals surface area contributed by atoms with E-state index < -0.39 is 5.91 Å². The van der Waals surface area contributed by atoms with Crippen molar-refractivity contribution in [2.75, 3.05) is 0 Å². The van der Waals surface area contributed by atoms with Gasteiger partial charge >= 0.3 is 0 Å². The molecular weight excluding hydrogens is 142 g/mol. The maximum Gasteiger partial charge on any atom is 0.274 e. The van der Waals surface area contributed by atoms with Crippen LogP contribution in [0.3, 0.4) is 0 Å². The molecule has 0 aromatic carbocycles. The van der Waals surface area contributed by atoms with Gasteiger partial charge in [0.1, 0.15) is 0 Å². The van der Waals surface area contributed by atoms with E-state index in [-0.39, 0.29) is 0 Å². The first kappa shape index (κ1) is 8.01. The molecule has 0 spiro atoms. The first-order chi connectivity index (χ1) is 5.24. The van der Waals surface area contributed by atoms with Gasteiger partial charge in [-0.25, -0.2) is 5.48 Å². The molecule has 1 aliphatic rings. The molecule has 0 bridgehead atoms. The monoisotopic (exact) mass is 153 g/mol. The molecule has 60 valence electrons. The minimum atomic E-state index is -0.437. The maximum absolute atomic E-state index is 10.8. The number of hydrogen-bond donors (Lipinski definition) is 2. The Hall–Kier alpha value is -1.09. The van der Waals surface area contributed by atoms with Crippen LogP contribution in [0.1, 0.15) is 13.3 Å². The predicted octanol–water partition coefficient (Wildman–Crippen LogP) is 1.01. The van der Waals surface area contributed by atoms with E-state index in [1.165, 1.54) is 0 Å². The standard InChI is InChI=1S/C8H11NO2/c1-6-3-2-4-7(5-6)8(10)9-11/h2,4-6,11H,3H2,1H3,(H,9,10). The molecule has 1 amide bonds. The topological polar surface area (TPSA) is 49.3 Å². The molecule has 11 heavy (non-hydrogen) atoms. The molecule has 0 radical (unpaired) electrons. The molecule has 1 rings (SSSR count). The summed E-state index contributed by atoms with van der Waals surface area (Å²) in [6.07, 6.45) is 6.44. The van der Waals surface area contributed by atoms with Gasteiger partial charge < -0.3 is 0 Å². The van der Waals surface area contributed by atoms with Crippen molar-refractivity contribution in [1.82, 2.24) is 5.48 Å². The van der Waals surface area contributed by atoms with Crippen molar-refractivity contribution >= 4 is 5.91 Å². The van der Waals surface area contributed by atoms with Crippen LogP contribution in [0.4, 0.5) is 0 Å². The molecule has 0 aliphatic heterocycles. The van der Waals surface area contributed by atoms with Crippen LogP contribution in [0.2, 0.25) is 0 Å². The summed E-state index contributed by atoms with van der Waals surface area (Å²) in [5.41, 5.74) is 2.13. The van der Waals surface area contributed by atoms with Gasteiger partial charge in [0.15, 0.2) is 0 Å². The second-order valence-corrected chi connectivity index (χ2v) is 2.68. The number of hydrogen-bond acceptors (Lipinski definition) is 2. The first-order valence-corrected chi connectivity index (χ1v) is 3.57. The Bertz CT molecular complexity index is 218. The van der Waals surface area contributed by atoms with E-state index in [0.29, 0.717) is 11.5 Å². The fourth-order valence-electron chi connectivity index (χ4n) is 1.06. The van der Waals surface area contributed by atoms with Gasteiger partial charge in [0.2, 0.25) is 0 Å². The Kier molecular flexibility index (Phi) is 2.44. The zero-order chi connectivity index (χ0) is 8.27. The van der Waals surface area contributed by atoms with E-state index in [9.17, 15) is 4.79 Å². The van der Waals surface area contributed by atoms with Crippen LogP contribution in [-0.4, -0.2) is 11.1 Å². The quantitative estimate of drug-likeness (QED) is 0.436. The molecule has 0 fully saturated rings. The molecule has 0 aromatic heterocycles. The Balaban J connectivity index is 2.71. The average molecular weight is 153 g/mol. The van der Waals surface area contributed by atoms with E-state index in [1.807, 2.05) is 19.1 Å². The number of allylic oxidation sites excluding steroid dienone is 2. The third-order valence-corrected chi connectivity index (χ3v) is 1.63. The van der Waals surface area contributed by atoms with E-state index in [2.05, 4.69) is 0 Å². The lowest BCUT2D eigenvalue weighted by Crippen LogP contribution is -2.21. The van der Waals surface area contributed by atoms with Crippen LogP contribution >= 0.6 is 0 Å². The van der Waals surface area contributed by atoms with Crippen LogP contribution in [-0.2, 0) is 4.79 Å². The van der Waals surface area contributed by atoms with E-state index >= 15 is 0 Å². The third-order valence-electron chi connectivity index (χ3n) is 1.63. The zero-order valence-electron chi connectivity index (χ0n) is 6.37. The summed E-state index contributed by atoms with van der Waals surface area (Å²) in [7, 11) is 0. The average Bonchev–Trinajstić information content (AvgIpc) is 2.03. The Labute approximate surface area is 65.4 Å². The summed E-state index contributed by atoms with van der Waals surface area (Å²) in [6, 6.07) is 0. The van der Waals surface area contributed by atoms with Crippen LogP contribution in [0.25, 0.3) is 0 Å². The molecule has 1 aliphatic carbocycles. The van der Waals surface area contributed by atoms with Crippen molar-refractivity contribution in [1.29, 1.82) is 0 Å². The fourth-order valence-corrected chi connectivity index (χ4v) is 1.06. The van der Waals surface area contributed by atoms with Crippen molar-refractivity contribution in [2.45, 2.75) is 13.3 Å². The number of rotatable bonds is 1. The summed E-state index contributed by atoms with van der Waals surface area (Å²) in [6.45, 7) is 2.02. The molecule has 0 heterocycles. The molecule has 0 saturated carbocycles. The fraction of sp³-hybridized carbons (Fsp3) is 0.375. The highest BCUT2D eigenvalue weighted by Gasteiger charge is 2.09. The summed E-state index contributed by atoms with van der Waals surface area (Å²) in [5.74, 6) is -0.0555. The van der Waals surface area contributed by atoms with Crippen molar-refractivity contribution in [3.05, 3.63) is 23.8 Å². The smallest absolute Gasteiger partial charge is 0.274 e. The minimum Gasteiger partial charge on any atom is -0.288 e. The Morgan fingerprint density at radius 3 is 3.09 bits per heavy atom. The van der Waals surface area contributed by atoms with Crippen LogP contribution < -0.4 is 5.48 Å². The van der Waals surface area contributed by atoms with Gasteiger partial charge in [0, 0.05) is 5.57 Å². The van der Waals surface area contributed by atoms with Gasteiger partial charge in [-0.3, -0.25) is 10.0 Å². The van der Waals surface area contributed by atoms with Crippen LogP contribution in [0.15, 0.2) is 23.8 Å². The van der Waals surface area contributed by atoms with E-state index in [4.69, 9.17) is 5.21 Å². The van der Waals surface area contributed by atoms with Gasteiger partial charge in [0.25, 0.3) is 5.91 Å². The zero-order valence-corrected chi connectivity index (χ0v) is 6.37. The van der Waals surface area contributed by atoms with Crippen molar-refractivity contribution in [3.8, 4) is 0 Å². The summed E-state index contributed by atoms with van der Waals surface area (Å²) in [5, 5.41) is 8.30. The van der Waals surface area contributed by atoms with Gasteiger partial charge in [-0.2, -0.15) is 0 Å². The number of amides is 1. The van der Waals surface area contributed by atoms with Crippen LogP contribution in [0.5, 0.6) is 0 Å². The Morgan fingerprint density at radius 2 is 2.55 bits per heavy atom. The third kappa shape index (κ3) is 1.91. The predicted molar refractivity (Wildman–Crippen MR) is 40.9 cm³/mol. The highest BCUT2D eigenvalue weighted by atomic mass is 16.5. The lowest BCUT2D eigenvalue weighted by atomic mass is 9.98. The second kappa shape index (κ2) is 3.34. The summed E-state index contributed by atoms with van der Waals surface area (Å²) >= 11 is 0. The molecule has 2 N–H and O–H groups in total. The highest BCUT2D eigenvalue weighted by Crippen LogP contribution is 2.15. The molecule has 3 nitrogen and oxygen atoms in total. The van der Waals surface area contributed by atoms with Gasteiger partial charge in [-0.15, -0.1) is 0 Å². The highest BCUT2D eigenvalue weighted by molar-refractivity contribution is 5.95. The summed E-state index contributed by atoms with van der Waals surface area (Å²) in [4.78, 5) is 10.8. The van der Waals surface area contributed by atoms with Crippen LogP contribution in [0, 0.1) is 5.92 Å². The second-order valence-electron chi connectivity index (χ2n) is 2.68. The van der Waals surface area contributed by atoms with Crippen molar-refractivity contribution < 1.29 is 10.0 Å². The number of carbonyl (C=O) groups is 1. The molecule has 1 unspecified atom stereocenters. The lowest BCUT2D eigenvalue weighted by Gasteiger charge is -2.09. The van der Waals surface area contributed by atoms with Gasteiger partial charge in [-0.1, -0.05) is 25.2 Å². The largest absolute Gasteiger partial charge is 0.288 e. The Morgan fingerprint density at radius 1 is 1.82 bits per heavy atom. The van der Waals surface area contributed by atoms with Crippen molar-refractivity contribution in [2.24, 2.45) is 5.92 Å². The van der Waals surface area contributed by atoms with Gasteiger partial charge in [-0.05, 0) is 12.3 Å². The van der Waals surface area contributed by atoms with Gasteiger partial charge in [0.05, 0.1) is 0 Å².